The van der Waals surface area contributed by atoms with Crippen LogP contribution in [0.15, 0.2) is 6.20 Å². The van der Waals surface area contributed by atoms with Crippen LogP contribution in [0.3, 0.4) is 0 Å². The van der Waals surface area contributed by atoms with Gasteiger partial charge in [0.2, 0.25) is 5.91 Å². The molecule has 1 N–H and O–H groups in total. The largest absolute Gasteiger partial charge is 0.339 e. The lowest BCUT2D eigenvalue weighted by Crippen LogP contribution is -2.52. The number of hydrogen-bond donors (Lipinski definition) is 1. The van der Waals surface area contributed by atoms with Crippen LogP contribution in [0.5, 0.6) is 0 Å². The van der Waals surface area contributed by atoms with E-state index in [1.165, 1.54) is 0 Å². The van der Waals surface area contributed by atoms with Crippen LogP contribution in [0.4, 0.5) is 0 Å². The normalized spacial score (nSPS) is 11.6. The molecule has 1 aromatic heterocycles. The average Bonchev–Trinajstić information content (AvgIpc) is 2.62. The van der Waals surface area contributed by atoms with Crippen molar-refractivity contribution in [2.24, 2.45) is 0 Å². The van der Waals surface area contributed by atoms with Crippen molar-refractivity contribution in [3.05, 3.63) is 16.1 Å². The molecule has 0 fully saturated rings. The molecular formula is C12H21N3OS. The predicted octanol–water partition coefficient (Wildman–Crippen LogP) is 1.80. The summed E-state index contributed by atoms with van der Waals surface area (Å²) in [6.45, 7) is 9.20. The molecule has 0 bridgehead atoms. The number of amides is 1. The number of nitrogens with one attached hydrogen (secondary N) is 1. The van der Waals surface area contributed by atoms with Crippen molar-refractivity contribution in [2.75, 3.05) is 13.6 Å². The average molecular weight is 255 g/mol. The summed E-state index contributed by atoms with van der Waals surface area (Å²) in [5, 5.41) is 4.22. The van der Waals surface area contributed by atoms with Gasteiger partial charge in [0, 0.05) is 18.1 Å². The van der Waals surface area contributed by atoms with E-state index >= 15 is 0 Å². The first-order valence-corrected chi connectivity index (χ1v) is 6.60. The van der Waals surface area contributed by atoms with Crippen LogP contribution < -0.4 is 5.32 Å². The number of carbonyl (C=O) groups excluding carboxylic acids is 1. The molecule has 1 aromatic rings. The van der Waals surface area contributed by atoms with Crippen molar-refractivity contribution in [3.8, 4) is 0 Å². The van der Waals surface area contributed by atoms with Gasteiger partial charge in [-0.25, -0.2) is 4.98 Å². The summed E-state index contributed by atoms with van der Waals surface area (Å²) in [5.41, 5.74) is -0.511. The van der Waals surface area contributed by atoms with Crippen LogP contribution in [0.2, 0.25) is 0 Å². The fraction of sp³-hybridized carbons (Fsp3) is 0.667. The standard InChI is InChI=1S/C12H21N3OS/c1-6-14-12(3,4)11(16)15(5)8-10-7-13-9(2)17-10/h7,14H,6,8H2,1-5H3. The van der Waals surface area contributed by atoms with Crippen LogP contribution in [0.1, 0.15) is 30.7 Å². The molecule has 4 nitrogen and oxygen atoms in total. The van der Waals surface area contributed by atoms with E-state index in [0.29, 0.717) is 6.54 Å². The third-order valence-electron chi connectivity index (χ3n) is 2.56. The first-order valence-electron chi connectivity index (χ1n) is 5.78. The summed E-state index contributed by atoms with van der Waals surface area (Å²) < 4.78 is 0. The van der Waals surface area contributed by atoms with Crippen LogP contribution in [-0.2, 0) is 11.3 Å². The summed E-state index contributed by atoms with van der Waals surface area (Å²) in [5.74, 6) is 0.102. The maximum Gasteiger partial charge on any atom is 0.242 e. The van der Waals surface area contributed by atoms with Crippen LogP contribution in [0, 0.1) is 6.92 Å². The Kier molecular flexibility index (Phi) is 4.65. The van der Waals surface area contributed by atoms with Gasteiger partial charge >= 0.3 is 0 Å². The Bertz CT molecular complexity index is 387. The summed E-state index contributed by atoms with van der Waals surface area (Å²) in [6.07, 6.45) is 1.84. The number of aryl methyl sites for hydroxylation is 1. The fourth-order valence-corrected chi connectivity index (χ4v) is 2.63. The topological polar surface area (TPSA) is 45.2 Å². The summed E-state index contributed by atoms with van der Waals surface area (Å²) in [4.78, 5) is 19.3. The van der Waals surface area contributed by atoms with E-state index in [1.54, 1.807) is 16.2 Å². The zero-order chi connectivity index (χ0) is 13.1. The number of rotatable bonds is 5. The zero-order valence-corrected chi connectivity index (χ0v) is 12.0. The third-order valence-corrected chi connectivity index (χ3v) is 3.46. The second kappa shape index (κ2) is 5.60. The minimum atomic E-state index is -0.511. The van der Waals surface area contributed by atoms with Gasteiger partial charge in [-0.1, -0.05) is 6.92 Å². The zero-order valence-electron chi connectivity index (χ0n) is 11.2. The van der Waals surface area contributed by atoms with Gasteiger partial charge in [-0.2, -0.15) is 0 Å². The van der Waals surface area contributed by atoms with Crippen molar-refractivity contribution in [1.29, 1.82) is 0 Å². The number of carbonyl (C=O) groups is 1. The molecule has 1 amide bonds. The first kappa shape index (κ1) is 14.1. The molecule has 0 aliphatic carbocycles. The Morgan fingerprint density at radius 3 is 2.71 bits per heavy atom. The lowest BCUT2D eigenvalue weighted by molar-refractivity contribution is -0.136. The van der Waals surface area contributed by atoms with Crippen LogP contribution in [0.25, 0.3) is 0 Å². The molecule has 1 heterocycles. The Labute approximate surface area is 107 Å². The van der Waals surface area contributed by atoms with Gasteiger partial charge in [-0.15, -0.1) is 11.3 Å². The van der Waals surface area contributed by atoms with Crippen molar-refractivity contribution in [2.45, 2.75) is 39.8 Å². The minimum Gasteiger partial charge on any atom is -0.339 e. The van der Waals surface area contributed by atoms with Gasteiger partial charge in [0.15, 0.2) is 0 Å². The Balaban J connectivity index is 2.64. The Morgan fingerprint density at radius 1 is 1.59 bits per heavy atom. The quantitative estimate of drug-likeness (QED) is 0.872. The van der Waals surface area contributed by atoms with Gasteiger partial charge in [-0.3, -0.25) is 4.79 Å². The van der Waals surface area contributed by atoms with Gasteiger partial charge < -0.3 is 10.2 Å². The maximum atomic E-state index is 12.2. The molecule has 0 aliphatic heterocycles. The fourth-order valence-electron chi connectivity index (χ4n) is 1.78. The van der Waals surface area contributed by atoms with Crippen molar-refractivity contribution < 1.29 is 4.79 Å². The molecule has 5 heteroatoms. The summed E-state index contributed by atoms with van der Waals surface area (Å²) in [6, 6.07) is 0. The van der Waals surface area contributed by atoms with E-state index in [1.807, 2.05) is 40.9 Å². The Morgan fingerprint density at radius 2 is 2.24 bits per heavy atom. The maximum absolute atomic E-state index is 12.2. The number of nitrogens with zero attached hydrogens (tertiary/aromatic N) is 2. The second-order valence-corrected chi connectivity index (χ2v) is 5.98. The van der Waals surface area contributed by atoms with Crippen molar-refractivity contribution in [1.82, 2.24) is 15.2 Å². The third kappa shape index (κ3) is 3.78. The van der Waals surface area contributed by atoms with Gasteiger partial charge in [0.1, 0.15) is 0 Å². The Hall–Kier alpha value is -0.940. The van der Waals surface area contributed by atoms with E-state index in [2.05, 4.69) is 10.3 Å². The van der Waals surface area contributed by atoms with Crippen LogP contribution in [-0.4, -0.2) is 34.9 Å². The highest BCUT2D eigenvalue weighted by Crippen LogP contribution is 2.15. The summed E-state index contributed by atoms with van der Waals surface area (Å²) >= 11 is 1.63. The molecule has 0 radical (unpaired) electrons. The molecule has 1 rings (SSSR count). The molecule has 0 spiro atoms. The number of likely N-dealkylation sites (N-methyl/N-ethyl adjacent to an activating group) is 2. The number of aromatic nitrogens is 1. The molecule has 0 saturated carbocycles. The molecule has 0 atom stereocenters. The molecule has 17 heavy (non-hydrogen) atoms. The van der Waals surface area contributed by atoms with E-state index < -0.39 is 5.54 Å². The van der Waals surface area contributed by atoms with E-state index in [9.17, 15) is 4.79 Å². The number of hydrogen-bond acceptors (Lipinski definition) is 4. The van der Waals surface area contributed by atoms with Crippen LogP contribution >= 0.6 is 11.3 Å². The van der Waals surface area contributed by atoms with Gasteiger partial charge in [0.05, 0.1) is 17.1 Å². The van der Waals surface area contributed by atoms with E-state index in [0.717, 1.165) is 16.4 Å². The predicted molar refractivity (Wildman–Crippen MR) is 71.1 cm³/mol. The molecule has 0 unspecified atom stereocenters. The van der Waals surface area contributed by atoms with Gasteiger partial charge in [-0.05, 0) is 27.3 Å². The molecular weight excluding hydrogens is 234 g/mol. The summed E-state index contributed by atoms with van der Waals surface area (Å²) in [7, 11) is 1.83. The first-order chi connectivity index (χ1) is 7.86. The van der Waals surface area contributed by atoms with E-state index in [-0.39, 0.29) is 5.91 Å². The monoisotopic (exact) mass is 255 g/mol. The van der Waals surface area contributed by atoms with Crippen molar-refractivity contribution in [3.63, 3.8) is 0 Å². The lowest BCUT2D eigenvalue weighted by atomic mass is 10.0. The smallest absolute Gasteiger partial charge is 0.242 e. The van der Waals surface area contributed by atoms with E-state index in [4.69, 9.17) is 0 Å². The molecule has 0 saturated heterocycles. The molecule has 96 valence electrons. The SMILES string of the molecule is CCNC(C)(C)C(=O)N(C)Cc1cnc(C)s1. The highest BCUT2D eigenvalue weighted by molar-refractivity contribution is 7.11. The highest BCUT2D eigenvalue weighted by atomic mass is 32.1. The van der Waals surface area contributed by atoms with Crippen molar-refractivity contribution >= 4 is 17.2 Å². The minimum absolute atomic E-state index is 0.102. The highest BCUT2D eigenvalue weighted by Gasteiger charge is 2.29. The molecule has 0 aliphatic rings. The lowest BCUT2D eigenvalue weighted by Gasteiger charge is -2.29. The van der Waals surface area contributed by atoms with Gasteiger partial charge in [0.25, 0.3) is 0 Å². The second-order valence-electron chi connectivity index (χ2n) is 4.66. The molecule has 0 aromatic carbocycles. The number of thiazole rings is 1.